The number of furan rings is 1. The molecule has 200 valence electrons. The summed E-state index contributed by atoms with van der Waals surface area (Å²) in [6.07, 6.45) is 1.71. The molecule has 8 nitrogen and oxygen atoms in total. The second-order valence-corrected chi connectivity index (χ2v) is 12.1. The molecule has 1 N–H and O–H groups in total. The molecule has 5 aromatic rings. The first-order chi connectivity index (χ1) is 19.4. The van der Waals surface area contributed by atoms with E-state index in [9.17, 15) is 9.59 Å². The van der Waals surface area contributed by atoms with Crippen molar-refractivity contribution in [2.75, 3.05) is 5.32 Å². The molecule has 5 heterocycles. The Kier molecular flexibility index (Phi) is 7.09. The van der Waals surface area contributed by atoms with Gasteiger partial charge in [0.2, 0.25) is 0 Å². The Balaban J connectivity index is 1.37. The Morgan fingerprint density at radius 1 is 1.05 bits per heavy atom. The van der Waals surface area contributed by atoms with E-state index in [1.807, 2.05) is 86.8 Å². The standard InChI is InChI=1S/C29H23N5O3S3/c1-16-14-17(2)31-28(30-16)40-23-12-11-20(37-23)15-22-27(36)34-25(21-10-7-13-38-21)24(18(3)32-29(34)39-22)26(35)33-19-8-5-4-6-9-19/h4-15,25H,1-3H3,(H,33,35)/b22-15+/t25-/m1/s1. The van der Waals surface area contributed by atoms with Gasteiger partial charge < -0.3 is 9.73 Å². The molecule has 0 radical (unpaired) electrons. The number of carbonyl (C=O) groups excluding carboxylic acids is 1. The van der Waals surface area contributed by atoms with Crippen LogP contribution in [0.5, 0.6) is 0 Å². The molecule has 1 amide bonds. The molecule has 0 bridgehead atoms. The van der Waals surface area contributed by atoms with Crippen LogP contribution in [-0.2, 0) is 4.79 Å². The highest BCUT2D eigenvalue weighted by Crippen LogP contribution is 2.33. The summed E-state index contributed by atoms with van der Waals surface area (Å²) in [6.45, 7) is 5.66. The molecule has 0 aliphatic carbocycles. The second-order valence-electron chi connectivity index (χ2n) is 9.11. The van der Waals surface area contributed by atoms with Crippen LogP contribution < -0.4 is 20.2 Å². The van der Waals surface area contributed by atoms with Crippen molar-refractivity contribution in [1.29, 1.82) is 0 Å². The van der Waals surface area contributed by atoms with Gasteiger partial charge in [-0.15, -0.1) is 11.3 Å². The molecule has 1 atom stereocenters. The van der Waals surface area contributed by atoms with Crippen molar-refractivity contribution in [2.45, 2.75) is 37.1 Å². The first-order valence-electron chi connectivity index (χ1n) is 12.4. The number of hydrogen-bond donors (Lipinski definition) is 1. The Hall–Kier alpha value is -4.06. The lowest BCUT2D eigenvalue weighted by molar-refractivity contribution is -0.113. The number of allylic oxidation sites excluding steroid dienone is 1. The number of benzene rings is 1. The SMILES string of the molecule is CC1=C(C(=O)Nc2ccccc2)[C@@H](c2cccs2)n2c(s/c(=C/c3ccc(Sc4nc(C)cc(C)n4)o3)c2=O)=N1. The third-order valence-electron chi connectivity index (χ3n) is 6.14. The number of carbonyl (C=O) groups is 1. The van der Waals surface area contributed by atoms with Gasteiger partial charge in [-0.2, -0.15) is 0 Å². The molecular weight excluding hydrogens is 563 g/mol. The maximum Gasteiger partial charge on any atom is 0.271 e. The number of aryl methyl sites for hydroxylation is 2. The van der Waals surface area contributed by atoms with Crippen LogP contribution in [0.4, 0.5) is 5.69 Å². The fourth-order valence-electron chi connectivity index (χ4n) is 4.47. The number of anilines is 1. The van der Waals surface area contributed by atoms with Gasteiger partial charge >= 0.3 is 0 Å². The topological polar surface area (TPSA) is 102 Å². The van der Waals surface area contributed by atoms with Gasteiger partial charge in [-0.3, -0.25) is 14.2 Å². The number of thiazole rings is 1. The van der Waals surface area contributed by atoms with Gasteiger partial charge in [0.05, 0.1) is 15.8 Å². The summed E-state index contributed by atoms with van der Waals surface area (Å²) in [6, 6.07) is 18.1. The van der Waals surface area contributed by atoms with Crippen molar-refractivity contribution in [2.24, 2.45) is 4.99 Å². The molecule has 6 rings (SSSR count). The van der Waals surface area contributed by atoms with E-state index >= 15 is 0 Å². The lowest BCUT2D eigenvalue weighted by Crippen LogP contribution is -2.40. The Morgan fingerprint density at radius 3 is 2.55 bits per heavy atom. The number of amides is 1. The fraction of sp³-hybridized carbons (Fsp3) is 0.138. The first-order valence-corrected chi connectivity index (χ1v) is 14.9. The number of fused-ring (bicyclic) bond motifs is 1. The molecule has 1 aliphatic heterocycles. The Labute approximate surface area is 241 Å². The molecule has 0 unspecified atom stereocenters. The third-order valence-corrected chi connectivity index (χ3v) is 8.83. The normalized spacial score (nSPS) is 15.2. The maximum absolute atomic E-state index is 13.8. The number of thiophene rings is 1. The molecule has 0 spiro atoms. The van der Waals surface area contributed by atoms with Crippen LogP contribution in [0.15, 0.2) is 102 Å². The summed E-state index contributed by atoms with van der Waals surface area (Å²) >= 11 is 4.09. The predicted octanol–water partition coefficient (Wildman–Crippen LogP) is 5.09. The molecule has 0 saturated carbocycles. The van der Waals surface area contributed by atoms with Gasteiger partial charge in [-0.1, -0.05) is 35.6 Å². The molecule has 1 aliphatic rings. The van der Waals surface area contributed by atoms with Gasteiger partial charge in [-0.25, -0.2) is 15.0 Å². The molecule has 1 aromatic carbocycles. The van der Waals surface area contributed by atoms with E-state index in [1.165, 1.54) is 34.4 Å². The molecule has 0 fully saturated rings. The van der Waals surface area contributed by atoms with Gasteiger partial charge in [0.25, 0.3) is 11.5 Å². The monoisotopic (exact) mass is 585 g/mol. The quantitative estimate of drug-likeness (QED) is 0.279. The molecule has 11 heteroatoms. The van der Waals surface area contributed by atoms with Crippen molar-refractivity contribution >= 4 is 52.1 Å². The number of nitrogens with one attached hydrogen (secondary N) is 1. The average molecular weight is 586 g/mol. The first kappa shape index (κ1) is 26.2. The van der Waals surface area contributed by atoms with Crippen LogP contribution >= 0.6 is 34.4 Å². The van der Waals surface area contributed by atoms with Crippen molar-refractivity contribution < 1.29 is 9.21 Å². The number of hydrogen-bond acceptors (Lipinski definition) is 9. The number of nitrogens with zero attached hydrogens (tertiary/aromatic N) is 4. The van der Waals surface area contributed by atoms with Crippen LogP contribution in [-0.4, -0.2) is 20.4 Å². The highest BCUT2D eigenvalue weighted by atomic mass is 32.2. The van der Waals surface area contributed by atoms with Crippen molar-refractivity contribution in [3.8, 4) is 0 Å². The van der Waals surface area contributed by atoms with E-state index in [-0.39, 0.29) is 11.5 Å². The zero-order valence-electron chi connectivity index (χ0n) is 21.7. The summed E-state index contributed by atoms with van der Waals surface area (Å²) in [5.41, 5.74) is 3.22. The van der Waals surface area contributed by atoms with Crippen LogP contribution in [0.3, 0.4) is 0 Å². The summed E-state index contributed by atoms with van der Waals surface area (Å²) in [4.78, 5) is 42.3. The van der Waals surface area contributed by atoms with E-state index < -0.39 is 6.04 Å². The molecule has 0 saturated heterocycles. The number of para-hydroxylation sites is 1. The smallest absolute Gasteiger partial charge is 0.271 e. The zero-order chi connectivity index (χ0) is 27.8. The Bertz CT molecular complexity index is 1920. The van der Waals surface area contributed by atoms with Crippen LogP contribution in [0.2, 0.25) is 0 Å². The van der Waals surface area contributed by atoms with E-state index in [0.717, 1.165) is 16.3 Å². The molecule has 40 heavy (non-hydrogen) atoms. The summed E-state index contributed by atoms with van der Waals surface area (Å²) < 4.78 is 8.06. The summed E-state index contributed by atoms with van der Waals surface area (Å²) in [5.74, 6) is 0.240. The van der Waals surface area contributed by atoms with Gasteiger partial charge in [0.15, 0.2) is 15.1 Å². The summed E-state index contributed by atoms with van der Waals surface area (Å²) in [7, 11) is 0. The second kappa shape index (κ2) is 10.8. The van der Waals surface area contributed by atoms with Gasteiger partial charge in [0, 0.05) is 28.0 Å². The Morgan fingerprint density at radius 2 is 1.82 bits per heavy atom. The summed E-state index contributed by atoms with van der Waals surface area (Å²) in [5, 5.41) is 6.12. The third kappa shape index (κ3) is 5.23. The lowest BCUT2D eigenvalue weighted by Gasteiger charge is -2.24. The van der Waals surface area contributed by atoms with Crippen LogP contribution in [0, 0.1) is 13.8 Å². The minimum absolute atomic E-state index is 0.233. The maximum atomic E-state index is 13.8. The predicted molar refractivity (Wildman–Crippen MR) is 157 cm³/mol. The van der Waals surface area contributed by atoms with Crippen molar-refractivity contribution in [3.05, 3.63) is 119 Å². The largest absolute Gasteiger partial charge is 0.450 e. The highest BCUT2D eigenvalue weighted by Gasteiger charge is 2.33. The van der Waals surface area contributed by atoms with E-state index in [0.29, 0.717) is 42.3 Å². The van der Waals surface area contributed by atoms with E-state index in [1.54, 1.807) is 10.6 Å². The number of aromatic nitrogens is 3. The van der Waals surface area contributed by atoms with Crippen molar-refractivity contribution in [1.82, 2.24) is 14.5 Å². The molecular formula is C29H23N5O3S3. The van der Waals surface area contributed by atoms with E-state index in [4.69, 9.17) is 4.42 Å². The van der Waals surface area contributed by atoms with E-state index in [2.05, 4.69) is 20.3 Å². The van der Waals surface area contributed by atoms with Crippen LogP contribution in [0.1, 0.15) is 35.0 Å². The van der Waals surface area contributed by atoms with Crippen LogP contribution in [0.25, 0.3) is 6.08 Å². The van der Waals surface area contributed by atoms with Gasteiger partial charge in [-0.05, 0) is 74.3 Å². The van der Waals surface area contributed by atoms with Crippen molar-refractivity contribution in [3.63, 3.8) is 0 Å². The number of rotatable bonds is 6. The lowest BCUT2D eigenvalue weighted by atomic mass is 10.0. The highest BCUT2D eigenvalue weighted by molar-refractivity contribution is 7.99. The minimum Gasteiger partial charge on any atom is -0.450 e. The minimum atomic E-state index is -0.591. The molecule has 4 aromatic heterocycles. The fourth-order valence-corrected chi connectivity index (χ4v) is 7.16. The average Bonchev–Trinajstić information content (AvgIpc) is 3.65. The zero-order valence-corrected chi connectivity index (χ0v) is 24.2. The van der Waals surface area contributed by atoms with Gasteiger partial charge in [0.1, 0.15) is 11.8 Å².